The van der Waals surface area contributed by atoms with E-state index in [-0.39, 0.29) is 23.7 Å². The lowest BCUT2D eigenvalue weighted by Crippen LogP contribution is -2.41. The second kappa shape index (κ2) is 7.90. The van der Waals surface area contributed by atoms with Crippen LogP contribution in [0.4, 0.5) is 0 Å². The Hall–Kier alpha value is -2.36. The van der Waals surface area contributed by atoms with Gasteiger partial charge in [-0.05, 0) is 72.6 Å². The molecule has 0 amide bonds. The Morgan fingerprint density at radius 2 is 1.19 bits per heavy atom. The minimum absolute atomic E-state index is 0.00523. The Morgan fingerprint density at radius 1 is 0.594 bits per heavy atom. The summed E-state index contributed by atoms with van der Waals surface area (Å²) in [5.41, 5.74) is 8.32. The first-order valence-corrected chi connectivity index (χ1v) is 11.8. The summed E-state index contributed by atoms with van der Waals surface area (Å²) in [6.45, 7) is 17.0. The lowest BCUT2D eigenvalue weighted by atomic mass is 9.77. The number of fused-ring (bicyclic) bond motifs is 3. The predicted octanol–water partition coefficient (Wildman–Crippen LogP) is 6.99. The van der Waals surface area contributed by atoms with Gasteiger partial charge in [0.15, 0.2) is 0 Å². The molecule has 3 heteroatoms. The maximum atomic E-state index is 6.27. The highest BCUT2D eigenvalue weighted by Gasteiger charge is 2.51. The molecule has 3 aromatic rings. The molecule has 0 bridgehead atoms. The summed E-state index contributed by atoms with van der Waals surface area (Å²) in [6.07, 6.45) is 0. The van der Waals surface area contributed by atoms with Crippen molar-refractivity contribution in [2.45, 2.75) is 72.0 Å². The summed E-state index contributed by atoms with van der Waals surface area (Å²) in [6, 6.07) is 24.2. The van der Waals surface area contributed by atoms with Crippen molar-refractivity contribution in [3.05, 3.63) is 77.9 Å². The van der Waals surface area contributed by atoms with E-state index >= 15 is 0 Å². The van der Waals surface area contributed by atoms with Crippen molar-refractivity contribution in [2.75, 3.05) is 0 Å². The van der Waals surface area contributed by atoms with E-state index in [1.165, 1.54) is 33.4 Å². The highest BCUT2D eigenvalue weighted by molar-refractivity contribution is 6.62. The molecule has 32 heavy (non-hydrogen) atoms. The van der Waals surface area contributed by atoms with Crippen LogP contribution in [0.3, 0.4) is 0 Å². The summed E-state index contributed by atoms with van der Waals surface area (Å²) >= 11 is 0. The molecule has 0 aromatic heterocycles. The van der Waals surface area contributed by atoms with Crippen LogP contribution in [0.1, 0.15) is 66.5 Å². The lowest BCUT2D eigenvalue weighted by molar-refractivity contribution is 0.00578. The zero-order valence-corrected chi connectivity index (χ0v) is 20.7. The third-order valence-corrected chi connectivity index (χ3v) is 7.33. The van der Waals surface area contributed by atoms with Crippen LogP contribution in [0, 0.1) is 0 Å². The number of benzene rings is 3. The van der Waals surface area contributed by atoms with Crippen LogP contribution in [0.5, 0.6) is 0 Å². The van der Waals surface area contributed by atoms with Crippen LogP contribution in [-0.4, -0.2) is 18.3 Å². The highest BCUT2D eigenvalue weighted by Crippen LogP contribution is 2.49. The molecule has 0 unspecified atom stereocenters. The molecule has 0 radical (unpaired) electrons. The minimum atomic E-state index is -0.343. The van der Waals surface area contributed by atoms with Gasteiger partial charge >= 0.3 is 7.12 Å². The molecular weight excluding hydrogens is 391 g/mol. The fourth-order valence-electron chi connectivity index (χ4n) is 4.73. The molecule has 0 spiro atoms. The van der Waals surface area contributed by atoms with E-state index in [2.05, 4.69) is 108 Å². The monoisotopic (exact) mass is 426 g/mol. The Labute approximate surface area is 194 Å². The van der Waals surface area contributed by atoms with Crippen LogP contribution in [0.2, 0.25) is 0 Å². The van der Waals surface area contributed by atoms with Gasteiger partial charge in [0.1, 0.15) is 0 Å². The van der Waals surface area contributed by atoms with Gasteiger partial charge in [0.2, 0.25) is 0 Å². The quantitative estimate of drug-likeness (QED) is 0.412. The largest absolute Gasteiger partial charge is 0.494 e. The molecule has 1 saturated heterocycles. The van der Waals surface area contributed by atoms with Gasteiger partial charge in [0.25, 0.3) is 0 Å². The molecule has 5 rings (SSSR count). The van der Waals surface area contributed by atoms with E-state index < -0.39 is 0 Å². The van der Waals surface area contributed by atoms with E-state index in [4.69, 9.17) is 9.31 Å². The first kappa shape index (κ1) is 22.8. The minimum Gasteiger partial charge on any atom is -0.399 e. The lowest BCUT2D eigenvalue weighted by Gasteiger charge is -2.32. The second-order valence-electron chi connectivity index (χ2n) is 10.1. The molecule has 0 N–H and O–H groups in total. The van der Waals surface area contributed by atoms with Crippen LogP contribution in [0.15, 0.2) is 66.7 Å². The Bertz CT molecular complexity index is 1130. The van der Waals surface area contributed by atoms with Crippen molar-refractivity contribution < 1.29 is 9.31 Å². The van der Waals surface area contributed by atoms with Gasteiger partial charge in [-0.3, -0.25) is 0 Å². The van der Waals surface area contributed by atoms with Gasteiger partial charge in [-0.25, -0.2) is 0 Å². The maximum Gasteiger partial charge on any atom is 0.494 e. The number of hydrogen-bond donors (Lipinski definition) is 0. The van der Waals surface area contributed by atoms with Gasteiger partial charge in [-0.1, -0.05) is 88.4 Å². The van der Waals surface area contributed by atoms with Crippen LogP contribution in [-0.2, 0) is 14.7 Å². The molecule has 2 aliphatic rings. The summed E-state index contributed by atoms with van der Waals surface area (Å²) in [5.74, 6) is 0. The molecule has 0 atom stereocenters. The molecule has 1 fully saturated rings. The SMILES string of the molecule is CC.CC1(C)c2ccccc2-c2ccc(-c3cccc(B4OC(C)(C)C(C)(C)O4)c3)cc21. The topological polar surface area (TPSA) is 18.5 Å². The molecule has 166 valence electrons. The fourth-order valence-corrected chi connectivity index (χ4v) is 4.73. The number of hydrogen-bond acceptors (Lipinski definition) is 2. The predicted molar refractivity (Wildman–Crippen MR) is 137 cm³/mol. The van der Waals surface area contributed by atoms with Crippen LogP contribution >= 0.6 is 0 Å². The molecular formula is C29H35BO2. The number of rotatable bonds is 2. The van der Waals surface area contributed by atoms with E-state index in [9.17, 15) is 0 Å². The fraction of sp³-hybridized carbons (Fsp3) is 0.379. The third-order valence-electron chi connectivity index (χ3n) is 7.33. The molecule has 1 aliphatic carbocycles. The molecule has 0 saturated carbocycles. The standard InChI is InChI=1S/C27H29BO2.C2H6/c1-25(2)23-13-8-7-12-21(23)22-15-14-19(17-24(22)25)18-10-9-11-20(16-18)28-29-26(3,4)27(5,6)30-28;1-2/h7-17H,1-6H3;1-2H3. The Morgan fingerprint density at radius 3 is 1.88 bits per heavy atom. The zero-order valence-electron chi connectivity index (χ0n) is 20.7. The Balaban J connectivity index is 0.00000119. The molecule has 3 aromatic carbocycles. The van der Waals surface area contributed by atoms with Crippen LogP contribution < -0.4 is 5.46 Å². The molecule has 1 aliphatic heterocycles. The normalized spacial score (nSPS) is 19.1. The molecule has 1 heterocycles. The van der Waals surface area contributed by atoms with Crippen molar-refractivity contribution >= 4 is 12.6 Å². The van der Waals surface area contributed by atoms with Gasteiger partial charge < -0.3 is 9.31 Å². The van der Waals surface area contributed by atoms with Crippen molar-refractivity contribution in [1.29, 1.82) is 0 Å². The van der Waals surface area contributed by atoms with E-state index in [1.54, 1.807) is 0 Å². The average molecular weight is 426 g/mol. The maximum absolute atomic E-state index is 6.27. The third kappa shape index (κ3) is 3.52. The van der Waals surface area contributed by atoms with Gasteiger partial charge in [-0.15, -0.1) is 0 Å². The summed E-state index contributed by atoms with van der Waals surface area (Å²) in [7, 11) is -0.343. The van der Waals surface area contributed by atoms with Crippen molar-refractivity contribution in [3.63, 3.8) is 0 Å². The van der Waals surface area contributed by atoms with E-state index in [0.29, 0.717) is 0 Å². The summed E-state index contributed by atoms with van der Waals surface area (Å²) in [5, 5.41) is 0. The summed E-state index contributed by atoms with van der Waals surface area (Å²) < 4.78 is 12.5. The Kier molecular flexibility index (Phi) is 5.63. The highest BCUT2D eigenvalue weighted by atomic mass is 16.7. The van der Waals surface area contributed by atoms with E-state index in [1.807, 2.05) is 13.8 Å². The smallest absolute Gasteiger partial charge is 0.399 e. The zero-order chi connectivity index (χ0) is 23.3. The van der Waals surface area contributed by atoms with Gasteiger partial charge in [-0.2, -0.15) is 0 Å². The van der Waals surface area contributed by atoms with Gasteiger partial charge in [0.05, 0.1) is 11.2 Å². The summed E-state index contributed by atoms with van der Waals surface area (Å²) in [4.78, 5) is 0. The van der Waals surface area contributed by atoms with Gasteiger partial charge in [0, 0.05) is 5.41 Å². The second-order valence-corrected chi connectivity index (χ2v) is 10.1. The molecule has 2 nitrogen and oxygen atoms in total. The van der Waals surface area contributed by atoms with E-state index in [0.717, 1.165) is 5.46 Å². The van der Waals surface area contributed by atoms with Crippen molar-refractivity contribution in [3.8, 4) is 22.3 Å². The average Bonchev–Trinajstić information content (AvgIpc) is 3.15. The van der Waals surface area contributed by atoms with Crippen LogP contribution in [0.25, 0.3) is 22.3 Å². The first-order valence-electron chi connectivity index (χ1n) is 11.8. The first-order chi connectivity index (χ1) is 15.1. The van der Waals surface area contributed by atoms with Crippen molar-refractivity contribution in [2.24, 2.45) is 0 Å². The van der Waals surface area contributed by atoms with Crippen molar-refractivity contribution in [1.82, 2.24) is 0 Å².